The Kier molecular flexibility index (Phi) is 6.23. The average Bonchev–Trinajstić information content (AvgIpc) is 2.48. The van der Waals surface area contributed by atoms with Crippen LogP contribution in [0.1, 0.15) is 37.0 Å². The lowest BCUT2D eigenvalue weighted by Gasteiger charge is -2.28. The molecule has 1 aromatic rings. The summed E-state index contributed by atoms with van der Waals surface area (Å²) in [5.41, 5.74) is 0.318. The van der Waals surface area contributed by atoms with Crippen molar-refractivity contribution in [1.29, 1.82) is 0 Å². The fourth-order valence-electron chi connectivity index (χ4n) is 2.15. The third-order valence-corrected chi connectivity index (χ3v) is 4.24. The van der Waals surface area contributed by atoms with E-state index in [0.29, 0.717) is 35.8 Å². The maximum Gasteiger partial charge on any atom is 0.170 e. The first-order chi connectivity index (χ1) is 10.5. The molecule has 122 valence electrons. The molecule has 2 rings (SSSR count). The van der Waals surface area contributed by atoms with E-state index in [1.54, 1.807) is 13.2 Å². The molecule has 0 aliphatic carbocycles. The molecule has 0 spiro atoms. The molecule has 0 bridgehead atoms. The molecule has 0 aromatic heterocycles. The molecule has 0 fully saturated rings. The van der Waals surface area contributed by atoms with Crippen molar-refractivity contribution in [2.45, 2.75) is 37.7 Å². The van der Waals surface area contributed by atoms with Crippen LogP contribution >= 0.6 is 12.0 Å². The molecule has 1 aromatic carbocycles. The van der Waals surface area contributed by atoms with Crippen LogP contribution in [0, 0.1) is 11.7 Å². The number of benzene rings is 1. The molecule has 22 heavy (non-hydrogen) atoms. The highest BCUT2D eigenvalue weighted by Crippen LogP contribution is 2.35. The van der Waals surface area contributed by atoms with Crippen LogP contribution < -0.4 is 4.74 Å². The van der Waals surface area contributed by atoms with Crippen molar-refractivity contribution in [2.24, 2.45) is 5.92 Å². The summed E-state index contributed by atoms with van der Waals surface area (Å²) >= 11 is 0.959. The second kappa shape index (κ2) is 7.94. The molecule has 0 amide bonds. The van der Waals surface area contributed by atoms with Crippen molar-refractivity contribution < 1.29 is 22.8 Å². The molecule has 1 unspecified atom stereocenters. The Morgan fingerprint density at radius 3 is 2.86 bits per heavy atom. The fraction of sp³-hybridized carbons (Fsp3) is 0.562. The molecule has 0 radical (unpaired) electrons. The zero-order valence-electron chi connectivity index (χ0n) is 13.1. The summed E-state index contributed by atoms with van der Waals surface area (Å²) < 4.78 is 30.1. The minimum Gasteiger partial charge on any atom is -0.489 e. The van der Waals surface area contributed by atoms with Crippen LogP contribution in [0.4, 0.5) is 4.39 Å². The molecule has 4 nitrogen and oxygen atoms in total. The highest BCUT2D eigenvalue weighted by molar-refractivity contribution is 7.94. The van der Waals surface area contributed by atoms with E-state index in [1.165, 1.54) is 6.07 Å². The molecule has 1 heterocycles. The maximum atomic E-state index is 14.0. The van der Waals surface area contributed by atoms with Gasteiger partial charge in [-0.1, -0.05) is 13.8 Å². The van der Waals surface area contributed by atoms with Gasteiger partial charge >= 0.3 is 0 Å². The van der Waals surface area contributed by atoms with Crippen LogP contribution in [-0.2, 0) is 8.92 Å². The van der Waals surface area contributed by atoms with Gasteiger partial charge < -0.3 is 13.7 Å². The Hall–Kier alpha value is -1.11. The standard InChI is InChI=1S/C16H21FO4S/c1-10(2)14-8-13(18)11-7-12(17)16(9-15(11)21-14)22-20-6-4-5-19-3/h7,9-10,14H,4-6,8H2,1-3H3. The summed E-state index contributed by atoms with van der Waals surface area (Å²) in [6.07, 6.45) is 0.871. The Morgan fingerprint density at radius 2 is 2.18 bits per heavy atom. The van der Waals surface area contributed by atoms with Gasteiger partial charge in [-0.3, -0.25) is 4.79 Å². The van der Waals surface area contributed by atoms with E-state index in [9.17, 15) is 9.18 Å². The molecule has 6 heteroatoms. The molecular weight excluding hydrogens is 307 g/mol. The highest BCUT2D eigenvalue weighted by Gasteiger charge is 2.29. The Balaban J connectivity index is 2.08. The van der Waals surface area contributed by atoms with Gasteiger partial charge in [0.05, 0.1) is 17.1 Å². The van der Waals surface area contributed by atoms with Gasteiger partial charge in [0, 0.05) is 32.2 Å². The van der Waals surface area contributed by atoms with Crippen molar-refractivity contribution in [3.63, 3.8) is 0 Å². The van der Waals surface area contributed by atoms with Gasteiger partial charge in [0.15, 0.2) is 5.78 Å². The van der Waals surface area contributed by atoms with Gasteiger partial charge in [0.1, 0.15) is 17.7 Å². The maximum absolute atomic E-state index is 14.0. The Bertz CT molecular complexity index is 533. The molecule has 1 aliphatic rings. The van der Waals surface area contributed by atoms with Gasteiger partial charge in [-0.25, -0.2) is 4.39 Å². The number of rotatable bonds is 7. The van der Waals surface area contributed by atoms with Gasteiger partial charge in [-0.05, 0) is 24.5 Å². The Morgan fingerprint density at radius 1 is 1.41 bits per heavy atom. The van der Waals surface area contributed by atoms with Crippen LogP contribution in [0.25, 0.3) is 0 Å². The zero-order chi connectivity index (χ0) is 16.1. The van der Waals surface area contributed by atoms with Crippen molar-refractivity contribution in [3.05, 3.63) is 23.5 Å². The number of ketones is 1. The van der Waals surface area contributed by atoms with E-state index in [2.05, 4.69) is 0 Å². The highest BCUT2D eigenvalue weighted by atomic mass is 32.2. The summed E-state index contributed by atoms with van der Waals surface area (Å²) in [7, 11) is 1.62. The van der Waals surface area contributed by atoms with Crippen molar-refractivity contribution in [3.8, 4) is 5.75 Å². The van der Waals surface area contributed by atoms with Crippen LogP contribution in [-0.4, -0.2) is 32.2 Å². The lowest BCUT2D eigenvalue weighted by Crippen LogP contribution is -2.31. The lowest BCUT2D eigenvalue weighted by molar-refractivity contribution is 0.0769. The smallest absolute Gasteiger partial charge is 0.170 e. The summed E-state index contributed by atoms with van der Waals surface area (Å²) in [4.78, 5) is 12.4. The SMILES string of the molecule is COCCCOSc1cc2c(cc1F)C(=O)CC(C(C)C)O2. The first-order valence-electron chi connectivity index (χ1n) is 7.34. The Labute approximate surface area is 134 Å². The van der Waals surface area contributed by atoms with E-state index in [1.807, 2.05) is 13.8 Å². The topological polar surface area (TPSA) is 44.8 Å². The van der Waals surface area contributed by atoms with Crippen molar-refractivity contribution >= 4 is 17.8 Å². The number of Topliss-reactive ketones (excluding diaryl/α,β-unsaturated/α-hetero) is 1. The minimum absolute atomic E-state index is 0.0728. The number of halogens is 1. The van der Waals surface area contributed by atoms with E-state index in [4.69, 9.17) is 13.7 Å². The van der Waals surface area contributed by atoms with Crippen molar-refractivity contribution in [2.75, 3.05) is 20.3 Å². The van der Waals surface area contributed by atoms with Crippen LogP contribution in [0.15, 0.2) is 17.0 Å². The summed E-state index contributed by atoms with van der Waals surface area (Å²) in [6, 6.07) is 2.80. The third kappa shape index (κ3) is 4.21. The normalized spacial score (nSPS) is 17.5. The first kappa shape index (κ1) is 17.2. The van der Waals surface area contributed by atoms with E-state index in [-0.39, 0.29) is 17.8 Å². The minimum atomic E-state index is -0.463. The number of methoxy groups -OCH3 is 1. The average molecular weight is 328 g/mol. The fourth-order valence-corrected chi connectivity index (χ4v) is 2.77. The number of ether oxygens (including phenoxy) is 2. The molecular formula is C16H21FO4S. The largest absolute Gasteiger partial charge is 0.489 e. The quantitative estimate of drug-likeness (QED) is 0.561. The second-order valence-electron chi connectivity index (χ2n) is 5.56. The monoisotopic (exact) mass is 328 g/mol. The van der Waals surface area contributed by atoms with Crippen LogP contribution in [0.5, 0.6) is 5.75 Å². The molecule has 0 N–H and O–H groups in total. The van der Waals surface area contributed by atoms with Gasteiger partial charge in [-0.15, -0.1) is 0 Å². The first-order valence-corrected chi connectivity index (χ1v) is 8.09. The van der Waals surface area contributed by atoms with E-state index in [0.717, 1.165) is 18.5 Å². The number of carbonyl (C=O) groups excluding carboxylic acids is 1. The lowest BCUT2D eigenvalue weighted by atomic mass is 9.94. The summed E-state index contributed by atoms with van der Waals surface area (Å²) in [5.74, 6) is 0.134. The molecule has 1 aliphatic heterocycles. The molecule has 1 atom stereocenters. The molecule has 0 saturated carbocycles. The number of carbonyl (C=O) groups is 1. The van der Waals surface area contributed by atoms with E-state index >= 15 is 0 Å². The van der Waals surface area contributed by atoms with Gasteiger partial charge in [0.25, 0.3) is 0 Å². The van der Waals surface area contributed by atoms with Crippen molar-refractivity contribution in [1.82, 2.24) is 0 Å². The second-order valence-corrected chi connectivity index (χ2v) is 6.40. The predicted octanol–water partition coefficient (Wildman–Crippen LogP) is 3.88. The number of hydrogen-bond acceptors (Lipinski definition) is 5. The third-order valence-electron chi connectivity index (χ3n) is 3.47. The van der Waals surface area contributed by atoms with E-state index < -0.39 is 5.82 Å². The number of hydrogen-bond donors (Lipinski definition) is 0. The van der Waals surface area contributed by atoms with Crippen LogP contribution in [0.3, 0.4) is 0 Å². The predicted molar refractivity (Wildman–Crippen MR) is 82.9 cm³/mol. The zero-order valence-corrected chi connectivity index (χ0v) is 13.9. The van der Waals surface area contributed by atoms with Crippen LogP contribution in [0.2, 0.25) is 0 Å². The molecule has 0 saturated heterocycles. The summed E-state index contributed by atoms with van der Waals surface area (Å²) in [6.45, 7) is 5.06. The van der Waals surface area contributed by atoms with Gasteiger partial charge in [-0.2, -0.15) is 0 Å². The number of fused-ring (bicyclic) bond motifs is 1. The van der Waals surface area contributed by atoms with Gasteiger partial charge in [0.2, 0.25) is 0 Å². The summed E-state index contributed by atoms with van der Waals surface area (Å²) in [5, 5.41) is 0.